The third-order valence-corrected chi connectivity index (χ3v) is 2.72. The molecule has 0 aliphatic carbocycles. The minimum absolute atomic E-state index is 0.0578. The van der Waals surface area contributed by atoms with Crippen molar-refractivity contribution in [3.63, 3.8) is 0 Å². The Bertz CT molecular complexity index is 158. The Morgan fingerprint density at radius 3 is 2.38 bits per heavy atom. The molecule has 98 valence electrons. The van der Waals surface area contributed by atoms with Crippen molar-refractivity contribution >= 4 is 0 Å². The van der Waals surface area contributed by atoms with Crippen molar-refractivity contribution < 1.29 is 9.84 Å². The molecule has 3 N–H and O–H groups in total. The first-order valence-corrected chi connectivity index (χ1v) is 6.45. The number of unbranched alkanes of at least 4 members (excludes halogenated alkanes) is 1. The molecule has 0 bridgehead atoms. The van der Waals surface area contributed by atoms with Crippen molar-refractivity contribution in [3.8, 4) is 0 Å². The fourth-order valence-electron chi connectivity index (χ4n) is 1.51. The highest BCUT2D eigenvalue weighted by Crippen LogP contribution is 2.10. The Morgan fingerprint density at radius 2 is 1.81 bits per heavy atom. The van der Waals surface area contributed by atoms with Crippen LogP contribution in [0.25, 0.3) is 0 Å². The third-order valence-electron chi connectivity index (χ3n) is 2.72. The van der Waals surface area contributed by atoms with E-state index in [0.717, 1.165) is 44.8 Å². The molecular weight excluding hydrogens is 202 g/mol. The average Bonchev–Trinajstić information content (AvgIpc) is 2.21. The van der Waals surface area contributed by atoms with Crippen LogP contribution in [0, 0.1) is 5.92 Å². The number of rotatable bonds is 10. The van der Waals surface area contributed by atoms with E-state index in [1.165, 1.54) is 6.42 Å². The smallest absolute Gasteiger partial charge is 0.0608 e. The van der Waals surface area contributed by atoms with Crippen LogP contribution in [0.3, 0.4) is 0 Å². The predicted octanol–water partition coefficient (Wildman–Crippen LogP) is 2.32. The molecule has 0 spiro atoms. The summed E-state index contributed by atoms with van der Waals surface area (Å²) in [6.07, 6.45) is 5.32. The first kappa shape index (κ1) is 15.9. The summed E-state index contributed by atoms with van der Waals surface area (Å²) in [5.74, 6) is 0.770. The molecule has 0 saturated heterocycles. The molecule has 0 aromatic carbocycles. The van der Waals surface area contributed by atoms with Gasteiger partial charge in [-0.05, 0) is 44.9 Å². The summed E-state index contributed by atoms with van der Waals surface area (Å²) in [4.78, 5) is 0. The molecule has 3 nitrogen and oxygen atoms in total. The average molecular weight is 231 g/mol. The van der Waals surface area contributed by atoms with E-state index in [1.807, 2.05) is 6.92 Å². The molecule has 0 aliphatic heterocycles. The molecule has 0 radical (unpaired) electrons. The Labute approximate surface area is 100 Å². The lowest BCUT2D eigenvalue weighted by Crippen LogP contribution is -2.39. The zero-order valence-electron chi connectivity index (χ0n) is 11.2. The first-order chi connectivity index (χ1) is 7.48. The first-order valence-electron chi connectivity index (χ1n) is 6.45. The maximum atomic E-state index is 8.96. The van der Waals surface area contributed by atoms with Gasteiger partial charge in [-0.2, -0.15) is 0 Å². The maximum absolute atomic E-state index is 8.96. The van der Waals surface area contributed by atoms with Crippen LogP contribution in [0.2, 0.25) is 0 Å². The van der Waals surface area contributed by atoms with Crippen molar-refractivity contribution in [2.75, 3.05) is 19.8 Å². The minimum atomic E-state index is -0.419. The van der Waals surface area contributed by atoms with E-state index in [9.17, 15) is 0 Å². The number of aliphatic hydroxyl groups is 1. The van der Waals surface area contributed by atoms with Crippen LogP contribution in [0.1, 0.15) is 52.9 Å². The van der Waals surface area contributed by atoms with Crippen LogP contribution in [0.5, 0.6) is 0 Å². The van der Waals surface area contributed by atoms with Gasteiger partial charge >= 0.3 is 0 Å². The molecular formula is C13H29NO2. The summed E-state index contributed by atoms with van der Waals surface area (Å²) in [6.45, 7) is 8.10. The largest absolute Gasteiger partial charge is 0.394 e. The van der Waals surface area contributed by atoms with E-state index in [2.05, 4.69) is 13.8 Å². The van der Waals surface area contributed by atoms with Gasteiger partial charge < -0.3 is 15.6 Å². The van der Waals surface area contributed by atoms with E-state index in [0.29, 0.717) is 0 Å². The van der Waals surface area contributed by atoms with Gasteiger partial charge in [-0.25, -0.2) is 0 Å². The molecule has 0 heterocycles. The number of ether oxygens (including phenoxy) is 1. The predicted molar refractivity (Wildman–Crippen MR) is 68.4 cm³/mol. The Kier molecular flexibility index (Phi) is 8.90. The Balaban J connectivity index is 3.16. The number of hydrogen-bond acceptors (Lipinski definition) is 3. The number of hydrogen-bond donors (Lipinski definition) is 2. The van der Waals surface area contributed by atoms with Crippen molar-refractivity contribution in [1.29, 1.82) is 0 Å². The molecule has 0 rings (SSSR count). The van der Waals surface area contributed by atoms with Crippen LogP contribution in [0.15, 0.2) is 0 Å². The van der Waals surface area contributed by atoms with Gasteiger partial charge in [0.25, 0.3) is 0 Å². The van der Waals surface area contributed by atoms with Crippen molar-refractivity contribution in [2.45, 2.75) is 58.4 Å². The molecule has 0 fully saturated rings. The second kappa shape index (κ2) is 8.97. The molecule has 1 unspecified atom stereocenters. The molecule has 0 saturated carbocycles. The van der Waals surface area contributed by atoms with Crippen LogP contribution in [-0.2, 0) is 4.74 Å². The van der Waals surface area contributed by atoms with E-state index in [4.69, 9.17) is 15.6 Å². The van der Waals surface area contributed by atoms with Crippen molar-refractivity contribution in [1.82, 2.24) is 0 Å². The van der Waals surface area contributed by atoms with E-state index < -0.39 is 5.54 Å². The van der Waals surface area contributed by atoms with Crippen molar-refractivity contribution in [3.05, 3.63) is 0 Å². The zero-order chi connectivity index (χ0) is 12.4. The molecule has 1 atom stereocenters. The summed E-state index contributed by atoms with van der Waals surface area (Å²) >= 11 is 0. The van der Waals surface area contributed by atoms with E-state index in [-0.39, 0.29) is 6.61 Å². The van der Waals surface area contributed by atoms with Crippen LogP contribution < -0.4 is 5.73 Å². The molecule has 3 heteroatoms. The highest BCUT2D eigenvalue weighted by Gasteiger charge is 2.15. The lowest BCUT2D eigenvalue weighted by atomic mass is 9.97. The van der Waals surface area contributed by atoms with Gasteiger partial charge in [0.15, 0.2) is 0 Å². The summed E-state index contributed by atoms with van der Waals surface area (Å²) in [5, 5.41) is 8.96. The summed E-state index contributed by atoms with van der Waals surface area (Å²) < 4.78 is 5.53. The highest BCUT2D eigenvalue weighted by molar-refractivity contribution is 4.76. The van der Waals surface area contributed by atoms with Crippen LogP contribution in [0.4, 0.5) is 0 Å². The summed E-state index contributed by atoms with van der Waals surface area (Å²) in [7, 11) is 0. The SMILES string of the molecule is CC(C)CCCOCCCCC(C)(N)CO. The fraction of sp³-hybridized carbons (Fsp3) is 1.00. The van der Waals surface area contributed by atoms with Gasteiger partial charge in [0.2, 0.25) is 0 Å². The fourth-order valence-corrected chi connectivity index (χ4v) is 1.51. The summed E-state index contributed by atoms with van der Waals surface area (Å²) in [5.41, 5.74) is 5.40. The monoisotopic (exact) mass is 231 g/mol. The van der Waals surface area contributed by atoms with Gasteiger partial charge in [0.05, 0.1) is 6.61 Å². The van der Waals surface area contributed by atoms with Gasteiger partial charge in [0, 0.05) is 18.8 Å². The summed E-state index contributed by atoms with van der Waals surface area (Å²) in [6, 6.07) is 0. The van der Waals surface area contributed by atoms with Gasteiger partial charge in [-0.1, -0.05) is 13.8 Å². The van der Waals surface area contributed by atoms with E-state index >= 15 is 0 Å². The standard InChI is InChI=1S/C13H29NO2/c1-12(2)7-6-10-16-9-5-4-8-13(3,14)11-15/h12,15H,4-11,14H2,1-3H3. The second-order valence-electron chi connectivity index (χ2n) is 5.42. The van der Waals surface area contributed by atoms with Crippen LogP contribution >= 0.6 is 0 Å². The van der Waals surface area contributed by atoms with Gasteiger partial charge in [-0.15, -0.1) is 0 Å². The molecule has 16 heavy (non-hydrogen) atoms. The lowest BCUT2D eigenvalue weighted by molar-refractivity contribution is 0.120. The zero-order valence-corrected chi connectivity index (χ0v) is 11.2. The maximum Gasteiger partial charge on any atom is 0.0608 e. The molecule has 0 aliphatic rings. The van der Waals surface area contributed by atoms with Crippen LogP contribution in [-0.4, -0.2) is 30.5 Å². The Morgan fingerprint density at radius 1 is 1.19 bits per heavy atom. The van der Waals surface area contributed by atoms with Crippen molar-refractivity contribution in [2.24, 2.45) is 11.7 Å². The Hall–Kier alpha value is -0.120. The lowest BCUT2D eigenvalue weighted by Gasteiger charge is -2.21. The van der Waals surface area contributed by atoms with Gasteiger partial charge in [-0.3, -0.25) is 0 Å². The topological polar surface area (TPSA) is 55.5 Å². The number of aliphatic hydroxyl groups excluding tert-OH is 1. The number of nitrogens with two attached hydrogens (primary N) is 1. The quantitative estimate of drug-likeness (QED) is 0.567. The molecule has 0 aromatic heterocycles. The van der Waals surface area contributed by atoms with E-state index in [1.54, 1.807) is 0 Å². The van der Waals surface area contributed by atoms with Gasteiger partial charge in [0.1, 0.15) is 0 Å². The molecule has 0 aromatic rings. The third kappa shape index (κ3) is 10.4. The normalized spacial score (nSPS) is 15.4. The highest BCUT2D eigenvalue weighted by atomic mass is 16.5. The minimum Gasteiger partial charge on any atom is -0.394 e. The second-order valence-corrected chi connectivity index (χ2v) is 5.42. The molecule has 0 amide bonds.